The van der Waals surface area contributed by atoms with Crippen LogP contribution >= 0.6 is 0 Å². The molecule has 0 amide bonds. The van der Waals surface area contributed by atoms with Crippen LogP contribution in [-0.2, 0) is 0 Å². The van der Waals surface area contributed by atoms with Crippen LogP contribution in [0.5, 0.6) is 0 Å². The number of carboxylic acid groups (broad SMARTS) is 1. The predicted octanol–water partition coefficient (Wildman–Crippen LogP) is 0.681. The maximum absolute atomic E-state index is 10.8. The van der Waals surface area contributed by atoms with E-state index in [1.807, 2.05) is 0 Å². The van der Waals surface area contributed by atoms with Crippen molar-refractivity contribution in [2.75, 3.05) is 0 Å². The van der Waals surface area contributed by atoms with E-state index < -0.39 is 5.97 Å². The molecule has 17 heavy (non-hydrogen) atoms. The molecule has 7 heteroatoms. The van der Waals surface area contributed by atoms with Crippen molar-refractivity contribution in [1.82, 2.24) is 24.7 Å². The highest BCUT2D eigenvalue weighted by molar-refractivity contribution is 5.85. The van der Waals surface area contributed by atoms with Gasteiger partial charge in [-0.15, -0.1) is 0 Å². The SMILES string of the molecule is Cc1nc(C)nc(-n2nc(C(=O)O)cc2C)n1. The minimum atomic E-state index is -1.07. The summed E-state index contributed by atoms with van der Waals surface area (Å²) in [5.74, 6) is 0.396. The number of aryl methyl sites for hydroxylation is 3. The Labute approximate surface area is 97.2 Å². The number of carboxylic acids is 1. The minimum absolute atomic E-state index is 0.0294. The summed E-state index contributed by atoms with van der Waals surface area (Å²) in [7, 11) is 0. The molecule has 0 bridgehead atoms. The van der Waals surface area contributed by atoms with E-state index in [1.54, 1.807) is 20.8 Å². The second-order valence-corrected chi connectivity index (χ2v) is 3.62. The summed E-state index contributed by atoms with van der Waals surface area (Å²) in [6, 6.07) is 1.47. The van der Waals surface area contributed by atoms with Crippen LogP contribution in [0.2, 0.25) is 0 Å². The zero-order chi connectivity index (χ0) is 12.6. The Kier molecular flexibility index (Phi) is 2.58. The highest BCUT2D eigenvalue weighted by Crippen LogP contribution is 2.08. The Morgan fingerprint density at radius 3 is 2.24 bits per heavy atom. The van der Waals surface area contributed by atoms with E-state index in [2.05, 4.69) is 20.1 Å². The van der Waals surface area contributed by atoms with E-state index in [-0.39, 0.29) is 5.69 Å². The molecule has 0 saturated heterocycles. The molecule has 0 aromatic carbocycles. The molecule has 2 aromatic rings. The lowest BCUT2D eigenvalue weighted by Crippen LogP contribution is -2.09. The van der Waals surface area contributed by atoms with Crippen molar-refractivity contribution in [2.45, 2.75) is 20.8 Å². The van der Waals surface area contributed by atoms with Gasteiger partial charge in [0.1, 0.15) is 11.6 Å². The molecule has 0 fully saturated rings. The van der Waals surface area contributed by atoms with Crippen LogP contribution in [0.15, 0.2) is 6.07 Å². The first kappa shape index (κ1) is 11.2. The monoisotopic (exact) mass is 233 g/mol. The van der Waals surface area contributed by atoms with Gasteiger partial charge < -0.3 is 5.11 Å². The van der Waals surface area contributed by atoms with Gasteiger partial charge in [-0.05, 0) is 26.8 Å². The van der Waals surface area contributed by atoms with Crippen LogP contribution in [-0.4, -0.2) is 35.8 Å². The summed E-state index contributed by atoms with van der Waals surface area (Å²) in [5, 5.41) is 12.8. The van der Waals surface area contributed by atoms with Crippen molar-refractivity contribution in [3.05, 3.63) is 29.1 Å². The lowest BCUT2D eigenvalue weighted by molar-refractivity contribution is 0.0690. The quantitative estimate of drug-likeness (QED) is 0.819. The number of rotatable bonds is 2. The van der Waals surface area contributed by atoms with Gasteiger partial charge in [-0.1, -0.05) is 0 Å². The largest absolute Gasteiger partial charge is 0.476 e. The number of hydrogen-bond acceptors (Lipinski definition) is 5. The molecule has 1 N–H and O–H groups in total. The molecule has 2 rings (SSSR count). The van der Waals surface area contributed by atoms with Gasteiger partial charge in [-0.3, -0.25) is 0 Å². The maximum Gasteiger partial charge on any atom is 0.356 e. The molecule has 0 saturated carbocycles. The van der Waals surface area contributed by atoms with Crippen LogP contribution < -0.4 is 0 Å². The zero-order valence-corrected chi connectivity index (χ0v) is 9.67. The lowest BCUT2D eigenvalue weighted by Gasteiger charge is -2.03. The summed E-state index contributed by atoms with van der Waals surface area (Å²) in [4.78, 5) is 23.1. The van der Waals surface area contributed by atoms with Gasteiger partial charge >= 0.3 is 5.97 Å². The molecular weight excluding hydrogens is 222 g/mol. The fraction of sp³-hybridized carbons (Fsp3) is 0.300. The van der Waals surface area contributed by atoms with Gasteiger partial charge in [0.05, 0.1) is 0 Å². The molecule has 0 aliphatic rings. The Balaban J connectivity index is 2.56. The number of nitrogens with zero attached hydrogens (tertiary/aromatic N) is 5. The number of hydrogen-bond donors (Lipinski definition) is 1. The third kappa shape index (κ3) is 2.12. The summed E-state index contributed by atoms with van der Waals surface area (Å²) in [5.41, 5.74) is 0.630. The van der Waals surface area contributed by atoms with E-state index in [1.165, 1.54) is 10.7 Å². The minimum Gasteiger partial charge on any atom is -0.476 e. The number of carbonyl (C=O) groups is 1. The van der Waals surface area contributed by atoms with Crippen molar-refractivity contribution < 1.29 is 9.90 Å². The second kappa shape index (κ2) is 3.93. The average Bonchev–Trinajstić information content (AvgIpc) is 2.59. The second-order valence-electron chi connectivity index (χ2n) is 3.62. The van der Waals surface area contributed by atoms with Gasteiger partial charge in [0.25, 0.3) is 5.95 Å². The predicted molar refractivity (Wildman–Crippen MR) is 58.1 cm³/mol. The molecule has 0 aliphatic carbocycles. The Hall–Kier alpha value is -2.31. The van der Waals surface area contributed by atoms with Crippen LogP contribution in [0.3, 0.4) is 0 Å². The molecule has 0 spiro atoms. The molecule has 0 radical (unpaired) electrons. The molecule has 7 nitrogen and oxygen atoms in total. The van der Waals surface area contributed by atoms with E-state index in [0.29, 0.717) is 23.3 Å². The fourth-order valence-electron chi connectivity index (χ4n) is 1.47. The van der Waals surface area contributed by atoms with E-state index >= 15 is 0 Å². The van der Waals surface area contributed by atoms with Crippen LogP contribution in [0, 0.1) is 20.8 Å². The normalized spacial score (nSPS) is 10.5. The summed E-state index contributed by atoms with van der Waals surface area (Å²) < 4.78 is 1.39. The van der Waals surface area contributed by atoms with Crippen molar-refractivity contribution in [2.24, 2.45) is 0 Å². The summed E-state index contributed by atoms with van der Waals surface area (Å²) in [6.45, 7) is 5.23. The van der Waals surface area contributed by atoms with Gasteiger partial charge in [0.2, 0.25) is 0 Å². The maximum atomic E-state index is 10.8. The van der Waals surface area contributed by atoms with Gasteiger partial charge in [0.15, 0.2) is 5.69 Å². The molecule has 0 aliphatic heterocycles. The van der Waals surface area contributed by atoms with Gasteiger partial charge in [0, 0.05) is 5.69 Å². The Bertz CT molecular complexity index is 570. The topological polar surface area (TPSA) is 93.8 Å². The molecule has 88 valence electrons. The van der Waals surface area contributed by atoms with Crippen LogP contribution in [0.25, 0.3) is 5.95 Å². The van der Waals surface area contributed by atoms with E-state index in [4.69, 9.17) is 5.11 Å². The Morgan fingerprint density at radius 1 is 1.18 bits per heavy atom. The first-order valence-corrected chi connectivity index (χ1v) is 4.97. The first-order valence-electron chi connectivity index (χ1n) is 4.97. The molecule has 2 aromatic heterocycles. The van der Waals surface area contributed by atoms with E-state index in [0.717, 1.165) is 0 Å². The highest BCUT2D eigenvalue weighted by Gasteiger charge is 2.13. The summed E-state index contributed by atoms with van der Waals surface area (Å²) >= 11 is 0. The molecule has 2 heterocycles. The van der Waals surface area contributed by atoms with Crippen molar-refractivity contribution in [3.8, 4) is 5.95 Å². The average molecular weight is 233 g/mol. The highest BCUT2D eigenvalue weighted by atomic mass is 16.4. The van der Waals surface area contributed by atoms with Crippen LogP contribution in [0.1, 0.15) is 27.8 Å². The lowest BCUT2D eigenvalue weighted by atomic mass is 10.4. The zero-order valence-electron chi connectivity index (χ0n) is 9.67. The van der Waals surface area contributed by atoms with Crippen molar-refractivity contribution in [3.63, 3.8) is 0 Å². The number of aromatic nitrogens is 5. The molecular formula is C10H11N5O2. The first-order chi connectivity index (χ1) is 7.97. The smallest absolute Gasteiger partial charge is 0.356 e. The van der Waals surface area contributed by atoms with E-state index in [9.17, 15) is 4.79 Å². The van der Waals surface area contributed by atoms with Gasteiger partial charge in [-0.2, -0.15) is 15.1 Å². The van der Waals surface area contributed by atoms with Crippen molar-refractivity contribution in [1.29, 1.82) is 0 Å². The third-order valence-electron chi connectivity index (χ3n) is 2.14. The number of aromatic carboxylic acids is 1. The standard InChI is InChI=1S/C10H11N5O2/c1-5-4-8(9(16)17)14-15(5)10-12-6(2)11-7(3)13-10/h4H,1-3H3,(H,16,17). The third-order valence-corrected chi connectivity index (χ3v) is 2.14. The molecule has 0 atom stereocenters. The van der Waals surface area contributed by atoms with Crippen molar-refractivity contribution >= 4 is 5.97 Å². The Morgan fingerprint density at radius 2 is 1.76 bits per heavy atom. The van der Waals surface area contributed by atoms with Crippen LogP contribution in [0.4, 0.5) is 0 Å². The molecule has 0 unspecified atom stereocenters. The fourth-order valence-corrected chi connectivity index (χ4v) is 1.47. The van der Waals surface area contributed by atoms with Gasteiger partial charge in [-0.25, -0.2) is 14.5 Å². The summed E-state index contributed by atoms with van der Waals surface area (Å²) in [6.07, 6.45) is 0.